The topological polar surface area (TPSA) is 96.2 Å². The third-order valence-corrected chi connectivity index (χ3v) is 4.23. The van der Waals surface area contributed by atoms with Crippen molar-refractivity contribution in [3.8, 4) is 17.0 Å². The molecule has 35 heavy (non-hydrogen) atoms. The molecule has 0 amide bonds. The van der Waals surface area contributed by atoms with Gasteiger partial charge < -0.3 is 15.2 Å². The monoisotopic (exact) mass is 639 g/mol. The smallest absolute Gasteiger partial charge is 0.358 e. The molecule has 0 saturated carbocycles. The fourth-order valence-electron chi connectivity index (χ4n) is 2.66. The van der Waals surface area contributed by atoms with Gasteiger partial charge in [-0.3, -0.25) is 4.98 Å². The van der Waals surface area contributed by atoms with Crippen LogP contribution in [0.3, 0.4) is 0 Å². The summed E-state index contributed by atoms with van der Waals surface area (Å²) < 4.78 is 0. The predicted octanol–water partition coefficient (Wildman–Crippen LogP) is 5.23. The van der Waals surface area contributed by atoms with Crippen LogP contribution in [-0.4, -0.2) is 31.1 Å². The Morgan fingerprint density at radius 3 is 2.03 bits per heavy atom. The molecule has 0 spiro atoms. The molecule has 0 fully saturated rings. The largest absolute Gasteiger partial charge is 0.505 e. The molecule has 4 aromatic rings. The van der Waals surface area contributed by atoms with Crippen LogP contribution in [0, 0.1) is 18.2 Å². The molecule has 1 radical (unpaired) electrons. The summed E-state index contributed by atoms with van der Waals surface area (Å²) in [5, 5.41) is 17.2. The van der Waals surface area contributed by atoms with Gasteiger partial charge in [-0.25, -0.2) is 9.78 Å². The van der Waals surface area contributed by atoms with Crippen LogP contribution in [0.5, 0.6) is 5.75 Å². The number of carbonyl (C=O) groups is 1. The van der Waals surface area contributed by atoms with Crippen LogP contribution in [0.2, 0.25) is 0 Å². The van der Waals surface area contributed by atoms with Crippen molar-refractivity contribution >= 4 is 11.5 Å². The van der Waals surface area contributed by atoms with Crippen molar-refractivity contribution in [3.63, 3.8) is 0 Å². The summed E-state index contributed by atoms with van der Waals surface area (Å²) in [5.74, 6) is -1.53. The SMILES string of the molecule is O=C(O)c1ncccc1O.[C+]1=CC(c2ccccn2)=[C-]C=C1.[Ir].[c-]1ccccc1-c1ccccn1. The van der Waals surface area contributed by atoms with Gasteiger partial charge in [0.2, 0.25) is 0 Å². The number of benzene rings is 1. The molecule has 1 aliphatic carbocycles. The Bertz CT molecular complexity index is 1240. The molecule has 7 heteroatoms. The second-order valence-electron chi connectivity index (χ2n) is 6.58. The third kappa shape index (κ3) is 8.88. The van der Waals surface area contributed by atoms with Gasteiger partial charge in [-0.1, -0.05) is 30.3 Å². The minimum absolute atomic E-state index is 0. The first-order chi connectivity index (χ1) is 16.6. The Morgan fingerprint density at radius 2 is 1.51 bits per heavy atom. The molecular weight excluding hydrogens is 619 g/mol. The van der Waals surface area contributed by atoms with Crippen LogP contribution in [0.1, 0.15) is 16.2 Å². The van der Waals surface area contributed by atoms with Crippen molar-refractivity contribution in [1.82, 2.24) is 15.0 Å². The van der Waals surface area contributed by atoms with E-state index in [-0.39, 0.29) is 31.5 Å². The maximum atomic E-state index is 10.2. The van der Waals surface area contributed by atoms with Gasteiger partial charge in [-0.15, -0.1) is 35.9 Å². The predicted molar refractivity (Wildman–Crippen MR) is 129 cm³/mol. The van der Waals surface area contributed by atoms with Crippen LogP contribution in [0.4, 0.5) is 0 Å². The average molecular weight is 639 g/mol. The number of rotatable bonds is 3. The summed E-state index contributed by atoms with van der Waals surface area (Å²) in [6.45, 7) is 0. The van der Waals surface area contributed by atoms with Gasteiger partial charge in [-0.2, -0.15) is 0 Å². The number of aromatic nitrogens is 3. The van der Waals surface area contributed by atoms with Gasteiger partial charge in [0, 0.05) is 56.5 Å². The number of aromatic carboxylic acids is 1. The van der Waals surface area contributed by atoms with Gasteiger partial charge >= 0.3 is 5.97 Å². The van der Waals surface area contributed by atoms with E-state index in [2.05, 4.69) is 33.2 Å². The molecule has 0 aliphatic heterocycles. The van der Waals surface area contributed by atoms with Gasteiger partial charge in [0.25, 0.3) is 0 Å². The summed E-state index contributed by atoms with van der Waals surface area (Å²) in [4.78, 5) is 22.0. The van der Waals surface area contributed by atoms with Crippen molar-refractivity contribution < 1.29 is 35.1 Å². The Balaban J connectivity index is 0.000000184. The molecule has 0 bridgehead atoms. The summed E-state index contributed by atoms with van der Waals surface area (Å²) in [6, 6.07) is 25.4. The first-order valence-corrected chi connectivity index (χ1v) is 10.2. The van der Waals surface area contributed by atoms with Crippen LogP contribution < -0.4 is 0 Å². The van der Waals surface area contributed by atoms with Gasteiger partial charge in [-0.05, 0) is 47.7 Å². The van der Waals surface area contributed by atoms with E-state index in [4.69, 9.17) is 10.2 Å². The molecule has 5 rings (SSSR count). The summed E-state index contributed by atoms with van der Waals surface area (Å²) >= 11 is 0. The van der Waals surface area contributed by atoms with Crippen LogP contribution in [-0.2, 0) is 20.1 Å². The fraction of sp³-hybridized carbons (Fsp3) is 0. The van der Waals surface area contributed by atoms with Gasteiger partial charge in [0.1, 0.15) is 5.75 Å². The second-order valence-corrected chi connectivity index (χ2v) is 6.58. The Kier molecular flexibility index (Phi) is 11.4. The Labute approximate surface area is 217 Å². The molecule has 2 N–H and O–H groups in total. The standard InChI is InChI=1S/C11H8N.C11H7N.C6H5NO3.Ir/c2*1-2-6-10(7-3-1)11-8-4-5-9-12-11;8-4-2-1-3-7-5(4)6(9)10;/h1-6,8-9H;1-2,4-5,7-9H;1-3,8H,(H,9,10);/q-1;;;. The van der Waals surface area contributed by atoms with Crippen molar-refractivity contribution in [3.05, 3.63) is 139 Å². The molecule has 1 aliphatic rings. The minimum Gasteiger partial charge on any atom is -0.505 e. The zero-order chi connectivity index (χ0) is 24.0. The molecule has 6 nitrogen and oxygen atoms in total. The van der Waals surface area contributed by atoms with Crippen LogP contribution >= 0.6 is 0 Å². The number of allylic oxidation sites excluding steroid dienone is 6. The van der Waals surface area contributed by atoms with Gasteiger partial charge in [0.15, 0.2) is 5.69 Å². The molecule has 0 atom stereocenters. The maximum Gasteiger partial charge on any atom is 0.358 e. The summed E-state index contributed by atoms with van der Waals surface area (Å²) in [5.41, 5.74) is 3.62. The van der Waals surface area contributed by atoms with E-state index in [0.717, 1.165) is 22.5 Å². The molecule has 0 unspecified atom stereocenters. The Morgan fingerprint density at radius 1 is 0.829 bits per heavy atom. The fourth-order valence-corrected chi connectivity index (χ4v) is 2.66. The average Bonchev–Trinajstić information content (AvgIpc) is 2.92. The number of hydrogen-bond acceptors (Lipinski definition) is 5. The molecule has 3 heterocycles. The Hall–Kier alpha value is -4.28. The molecule has 3 aromatic heterocycles. The number of pyridine rings is 3. The number of aromatic hydroxyl groups is 1. The van der Waals surface area contributed by atoms with E-state index in [1.807, 2.05) is 78.9 Å². The van der Waals surface area contributed by atoms with E-state index in [1.54, 1.807) is 12.4 Å². The van der Waals surface area contributed by atoms with Crippen LogP contribution in [0.25, 0.3) is 16.8 Å². The van der Waals surface area contributed by atoms with Crippen molar-refractivity contribution in [2.75, 3.05) is 0 Å². The van der Waals surface area contributed by atoms with Crippen LogP contribution in [0.15, 0.2) is 110 Å². The molecule has 175 valence electrons. The van der Waals surface area contributed by atoms with Crippen molar-refractivity contribution in [1.29, 1.82) is 0 Å². The van der Waals surface area contributed by atoms with E-state index in [0.29, 0.717) is 0 Å². The quantitative estimate of drug-likeness (QED) is 0.299. The first-order valence-electron chi connectivity index (χ1n) is 10.2. The number of hydrogen-bond donors (Lipinski definition) is 2. The summed E-state index contributed by atoms with van der Waals surface area (Å²) in [6.07, 6.45) is 16.5. The van der Waals surface area contributed by atoms with E-state index in [9.17, 15) is 4.79 Å². The molecular formula is C28H20IrN3O3-. The van der Waals surface area contributed by atoms with Gasteiger partial charge in [0.05, 0.1) is 0 Å². The number of nitrogens with zero attached hydrogens (tertiary/aromatic N) is 3. The zero-order valence-corrected chi connectivity index (χ0v) is 20.8. The summed E-state index contributed by atoms with van der Waals surface area (Å²) in [7, 11) is 0. The minimum atomic E-state index is -1.22. The molecule has 0 saturated heterocycles. The van der Waals surface area contributed by atoms with Crippen molar-refractivity contribution in [2.45, 2.75) is 0 Å². The maximum absolute atomic E-state index is 10.2. The van der Waals surface area contributed by atoms with E-state index in [1.165, 1.54) is 18.3 Å². The third-order valence-electron chi connectivity index (χ3n) is 4.23. The van der Waals surface area contributed by atoms with E-state index < -0.39 is 5.97 Å². The number of carboxylic acid groups (broad SMARTS) is 1. The first kappa shape index (κ1) is 27.0. The zero-order valence-electron chi connectivity index (χ0n) is 18.4. The molecule has 1 aromatic carbocycles. The van der Waals surface area contributed by atoms with E-state index >= 15 is 0 Å². The normalized spacial score (nSPS) is 10.7. The second kappa shape index (κ2) is 14.8. The number of carboxylic acids is 1. The van der Waals surface area contributed by atoms with Crippen molar-refractivity contribution in [2.24, 2.45) is 0 Å².